The highest BCUT2D eigenvalue weighted by molar-refractivity contribution is 8.77. The molecule has 16 heteroatoms. The maximum absolute atomic E-state index is 13.2. The van der Waals surface area contributed by atoms with Gasteiger partial charge < -0.3 is 18.8 Å². The van der Waals surface area contributed by atoms with Crippen LogP contribution in [-0.4, -0.2) is 70.4 Å². The lowest BCUT2D eigenvalue weighted by Crippen LogP contribution is -2.62. The first kappa shape index (κ1) is 28.2. The first-order chi connectivity index (χ1) is 16.1. The number of quaternary nitrogens is 1. The van der Waals surface area contributed by atoms with E-state index in [4.69, 9.17) is 8.37 Å². The number of fused-ring (bicyclic) bond motifs is 1. The Bertz CT molecular complexity index is 1360. The smallest absolute Gasteiger partial charge is 0.396 e. The average molecular weight is 585 g/mol. The number of methoxy groups -OCH3 is 1. The summed E-state index contributed by atoms with van der Waals surface area (Å²) in [5, 5.41) is 13.6. The van der Waals surface area contributed by atoms with Gasteiger partial charge in [-0.3, -0.25) is 4.18 Å². The van der Waals surface area contributed by atoms with E-state index in [-0.39, 0.29) is 29.8 Å². The fourth-order valence-electron chi connectivity index (χ4n) is 3.41. The van der Waals surface area contributed by atoms with Crippen LogP contribution >= 0.6 is 32.9 Å². The van der Waals surface area contributed by atoms with Gasteiger partial charge in [0.15, 0.2) is 5.76 Å². The van der Waals surface area contributed by atoms with Gasteiger partial charge in [-0.15, -0.1) is 11.3 Å². The summed E-state index contributed by atoms with van der Waals surface area (Å²) < 4.78 is 60.1. The van der Waals surface area contributed by atoms with Crippen molar-refractivity contribution >= 4 is 69.3 Å². The van der Waals surface area contributed by atoms with Crippen LogP contribution in [0.2, 0.25) is 0 Å². The molecule has 0 spiro atoms. The van der Waals surface area contributed by atoms with Crippen LogP contribution in [0.1, 0.15) is 25.0 Å². The van der Waals surface area contributed by atoms with E-state index in [0.29, 0.717) is 10.5 Å². The molecular formula is C19H24N2O9S5. The molecule has 2 aromatic rings. The highest BCUT2D eigenvalue weighted by atomic mass is 33.1. The monoisotopic (exact) mass is 584 g/mol. The maximum atomic E-state index is 13.2. The van der Waals surface area contributed by atoms with Crippen LogP contribution in [0.15, 0.2) is 34.6 Å². The van der Waals surface area contributed by atoms with Gasteiger partial charge in [0.05, 0.1) is 29.8 Å². The molecule has 1 atom stereocenters. The van der Waals surface area contributed by atoms with Crippen LogP contribution in [0.25, 0.3) is 10.2 Å². The largest absolute Gasteiger partial charge is 0.627 e. The molecule has 2 heterocycles. The molecule has 0 radical (unpaired) electrons. The summed E-state index contributed by atoms with van der Waals surface area (Å²) in [5.41, 5.74) is 0.314. The summed E-state index contributed by atoms with van der Waals surface area (Å²) in [6.07, 6.45) is 1.08. The number of hydrogen-bond donors (Lipinski definition) is 0. The average Bonchev–Trinajstić information content (AvgIpc) is 3.13. The van der Waals surface area contributed by atoms with Crippen LogP contribution in [-0.2, 0) is 38.1 Å². The summed E-state index contributed by atoms with van der Waals surface area (Å²) in [7, 11) is -3.61. The molecule has 0 amide bonds. The molecule has 0 bridgehead atoms. The molecule has 194 valence electrons. The second-order valence-corrected chi connectivity index (χ2v) is 14.6. The van der Waals surface area contributed by atoms with E-state index in [1.54, 1.807) is 6.92 Å². The number of para-hydroxylation sites is 1. The van der Waals surface area contributed by atoms with E-state index in [9.17, 15) is 26.8 Å². The van der Waals surface area contributed by atoms with E-state index < -0.39 is 37.0 Å². The number of carbonyl (C=O) groups excluding carboxylic acids is 1. The Morgan fingerprint density at radius 1 is 1.23 bits per heavy atom. The van der Waals surface area contributed by atoms with Gasteiger partial charge in [0.1, 0.15) is 29.5 Å². The number of allylic oxidation sites excluding steroid dienone is 1. The van der Waals surface area contributed by atoms with Crippen molar-refractivity contribution in [2.45, 2.75) is 30.1 Å². The van der Waals surface area contributed by atoms with Crippen molar-refractivity contribution in [2.75, 3.05) is 32.7 Å². The molecule has 1 aromatic carbocycles. The standard InChI is InChI=1S/C19H24N2O9S5/c1-11(29-34(4,24)25)17(19(22)28-3)21(23)9-13(10-21)32-33-15-8-6-7-14-16(15)20-18(31-14)12(2)30-35(5,26)27/h6-8,12-13H,9-10H2,1-5H3/t12-,13?,21?/m1/s1. The minimum absolute atomic E-state index is 0.0179. The van der Waals surface area contributed by atoms with E-state index in [0.717, 1.165) is 29.2 Å². The van der Waals surface area contributed by atoms with E-state index in [2.05, 4.69) is 9.72 Å². The van der Waals surface area contributed by atoms with Crippen LogP contribution in [0.3, 0.4) is 0 Å². The Morgan fingerprint density at radius 3 is 2.46 bits per heavy atom. The number of esters is 1. The zero-order chi connectivity index (χ0) is 26.2. The third kappa shape index (κ3) is 7.09. The summed E-state index contributed by atoms with van der Waals surface area (Å²) in [6, 6.07) is 5.60. The molecule has 0 aliphatic carbocycles. The SMILES string of the molecule is COC(=O)C(=C(C)OS(C)(=O)=O)[N+]1([O-])CC(SSc2cccc3sc([C@@H](C)OS(C)(=O)=O)nc23)C1. The van der Waals surface area contributed by atoms with Gasteiger partial charge in [0, 0.05) is 11.8 Å². The maximum Gasteiger partial charge on any atom is 0.396 e. The predicted molar refractivity (Wildman–Crippen MR) is 135 cm³/mol. The first-order valence-electron chi connectivity index (χ1n) is 10.00. The van der Waals surface area contributed by atoms with Crippen molar-refractivity contribution in [3.63, 3.8) is 0 Å². The third-order valence-corrected chi connectivity index (χ3v) is 9.92. The summed E-state index contributed by atoms with van der Waals surface area (Å²) in [5.74, 6) is -1.25. The Hall–Kier alpha value is -1.40. The van der Waals surface area contributed by atoms with E-state index >= 15 is 0 Å². The van der Waals surface area contributed by atoms with Gasteiger partial charge >= 0.3 is 16.1 Å². The number of hydroxylamine groups is 3. The molecule has 0 N–H and O–H groups in total. The summed E-state index contributed by atoms with van der Waals surface area (Å²) in [6.45, 7) is 2.89. The van der Waals surface area contributed by atoms with Crippen LogP contribution in [0.4, 0.5) is 0 Å². The summed E-state index contributed by atoms with van der Waals surface area (Å²) >= 11 is 1.33. The summed E-state index contributed by atoms with van der Waals surface area (Å²) in [4.78, 5) is 17.6. The van der Waals surface area contributed by atoms with Crippen molar-refractivity contribution in [3.05, 3.63) is 39.9 Å². The molecule has 1 fully saturated rings. The Balaban J connectivity index is 1.72. The highest BCUT2D eigenvalue weighted by Gasteiger charge is 2.46. The number of benzene rings is 1. The first-order valence-corrected chi connectivity index (χ1v) is 16.7. The third-order valence-electron chi connectivity index (χ3n) is 4.73. The van der Waals surface area contributed by atoms with E-state index in [1.165, 1.54) is 39.8 Å². The Kier molecular flexibility index (Phi) is 8.48. The van der Waals surface area contributed by atoms with Crippen molar-refractivity contribution in [1.82, 2.24) is 4.98 Å². The molecule has 3 rings (SSSR count). The Labute approximate surface area is 215 Å². The number of nitrogens with zero attached hydrogens (tertiary/aromatic N) is 2. The fraction of sp³-hybridized carbons (Fsp3) is 0.474. The number of rotatable bonds is 10. The number of ether oxygens (including phenoxy) is 1. The lowest BCUT2D eigenvalue weighted by Gasteiger charge is -2.52. The molecule has 1 saturated heterocycles. The minimum Gasteiger partial charge on any atom is -0.627 e. The zero-order valence-electron chi connectivity index (χ0n) is 19.4. The molecular weight excluding hydrogens is 561 g/mol. The Morgan fingerprint density at radius 2 is 1.89 bits per heavy atom. The van der Waals surface area contributed by atoms with Gasteiger partial charge in [-0.05, 0) is 19.1 Å². The van der Waals surface area contributed by atoms with Crippen molar-refractivity contribution in [1.29, 1.82) is 0 Å². The quantitative estimate of drug-likeness (QED) is 0.0768. The van der Waals surface area contributed by atoms with Crippen LogP contribution in [0, 0.1) is 5.21 Å². The van der Waals surface area contributed by atoms with Crippen molar-refractivity contribution < 1.29 is 39.4 Å². The van der Waals surface area contributed by atoms with E-state index in [1.807, 2.05) is 18.2 Å². The molecule has 0 saturated carbocycles. The fourth-order valence-corrected chi connectivity index (χ4v) is 8.36. The number of carbonyl (C=O) groups is 1. The molecule has 11 nitrogen and oxygen atoms in total. The second kappa shape index (κ2) is 10.5. The van der Waals surface area contributed by atoms with Gasteiger partial charge in [0.2, 0.25) is 0 Å². The van der Waals surface area contributed by atoms with Gasteiger partial charge in [-0.2, -0.15) is 16.8 Å². The zero-order valence-corrected chi connectivity index (χ0v) is 23.5. The minimum atomic E-state index is -3.92. The number of hydrogen-bond acceptors (Lipinski definition) is 13. The van der Waals surface area contributed by atoms with Gasteiger partial charge in [0.25, 0.3) is 15.8 Å². The topological polar surface area (TPSA) is 149 Å². The molecule has 1 aliphatic heterocycles. The number of likely N-dealkylation sites (tertiary alicyclic amines) is 1. The molecule has 1 aliphatic rings. The van der Waals surface area contributed by atoms with Crippen LogP contribution < -0.4 is 0 Å². The molecule has 0 unspecified atom stereocenters. The second-order valence-electron chi connectivity index (χ2n) is 7.84. The van der Waals surface area contributed by atoms with Crippen molar-refractivity contribution in [3.8, 4) is 0 Å². The van der Waals surface area contributed by atoms with Gasteiger partial charge in [-0.1, -0.05) is 27.7 Å². The normalized spacial score (nSPS) is 22.3. The highest BCUT2D eigenvalue weighted by Crippen LogP contribution is 2.45. The number of thiazole rings is 1. The lowest BCUT2D eigenvalue weighted by atomic mass is 10.1. The van der Waals surface area contributed by atoms with Crippen molar-refractivity contribution in [2.24, 2.45) is 0 Å². The van der Waals surface area contributed by atoms with Crippen LogP contribution in [0.5, 0.6) is 0 Å². The lowest BCUT2D eigenvalue weighted by molar-refractivity contribution is -0.876. The molecule has 35 heavy (non-hydrogen) atoms. The molecule has 1 aromatic heterocycles. The predicted octanol–water partition coefficient (Wildman–Crippen LogP) is 3.15. The van der Waals surface area contributed by atoms with Gasteiger partial charge in [-0.25, -0.2) is 9.78 Å². The number of aromatic nitrogens is 1.